The minimum atomic E-state index is 0.635. The zero-order valence-corrected chi connectivity index (χ0v) is 38.3. The molecule has 0 spiro atoms. The number of hydrogen-bond donors (Lipinski definition) is 0. The molecule has 0 atom stereocenters. The molecule has 0 saturated heterocycles. The molecule has 0 radical (unpaired) electrons. The summed E-state index contributed by atoms with van der Waals surface area (Å²) in [6.07, 6.45) is 0. The summed E-state index contributed by atoms with van der Waals surface area (Å²) in [4.78, 5) is 10.8. The minimum absolute atomic E-state index is 0.635. The van der Waals surface area contributed by atoms with E-state index in [-0.39, 0.29) is 0 Å². The Morgan fingerprint density at radius 3 is 1.72 bits per heavy atom. The molecule has 71 heavy (non-hydrogen) atoms. The van der Waals surface area contributed by atoms with E-state index in [1.54, 1.807) is 0 Å². The standard InChI is InChI=1S/C66H40N4O/c1-3-14-41(15-4-1)42-26-28-43(29-27-42)65-52-21-9-11-23-57(52)67-66(68-65)70-60-33-30-46(37-54(60)55-36-44-16-7-8-17-45(44)40-61(55)70)47-32-35-62-56(38-47)64-50(22-13-25-63(64)71-62)48-31-34-59-53(39-48)51-20-10-12-24-58(51)69(59)49-18-5-2-6-19-49/h1-40H. The van der Waals surface area contributed by atoms with Crippen LogP contribution >= 0.6 is 0 Å². The lowest BCUT2D eigenvalue weighted by atomic mass is 9.96. The Hall–Kier alpha value is -9.58. The zero-order chi connectivity index (χ0) is 46.6. The Morgan fingerprint density at radius 2 is 0.887 bits per heavy atom. The third-order valence-electron chi connectivity index (χ3n) is 14.5. The van der Waals surface area contributed by atoms with Crippen LogP contribution in [0.3, 0.4) is 0 Å². The van der Waals surface area contributed by atoms with E-state index in [9.17, 15) is 0 Å². The second-order valence-electron chi connectivity index (χ2n) is 18.5. The van der Waals surface area contributed by atoms with Crippen LogP contribution < -0.4 is 0 Å². The molecule has 15 rings (SSSR count). The summed E-state index contributed by atoms with van der Waals surface area (Å²) >= 11 is 0. The Bertz CT molecular complexity index is 4620. The number of nitrogens with zero attached hydrogens (tertiary/aromatic N) is 4. The smallest absolute Gasteiger partial charge is 0.235 e. The molecule has 5 nitrogen and oxygen atoms in total. The molecule has 5 heteroatoms. The summed E-state index contributed by atoms with van der Waals surface area (Å²) in [7, 11) is 0. The fourth-order valence-corrected chi connectivity index (χ4v) is 11.2. The lowest BCUT2D eigenvalue weighted by Crippen LogP contribution is -2.03. The van der Waals surface area contributed by atoms with Crippen molar-refractivity contribution < 1.29 is 4.42 Å². The van der Waals surface area contributed by atoms with E-state index in [1.165, 1.54) is 38.3 Å². The first-order chi connectivity index (χ1) is 35.2. The summed E-state index contributed by atoms with van der Waals surface area (Å²) in [5.74, 6) is 0.635. The second-order valence-corrected chi connectivity index (χ2v) is 18.5. The van der Waals surface area contributed by atoms with Gasteiger partial charge >= 0.3 is 0 Å². The maximum Gasteiger partial charge on any atom is 0.235 e. The summed E-state index contributed by atoms with van der Waals surface area (Å²) < 4.78 is 11.2. The van der Waals surface area contributed by atoms with Gasteiger partial charge in [0.05, 0.1) is 33.3 Å². The largest absolute Gasteiger partial charge is 0.456 e. The zero-order valence-electron chi connectivity index (χ0n) is 38.3. The molecule has 0 aliphatic rings. The summed E-state index contributed by atoms with van der Waals surface area (Å²) in [5.41, 5.74) is 17.1. The molecule has 0 bridgehead atoms. The molecule has 0 aliphatic heterocycles. The van der Waals surface area contributed by atoms with Crippen molar-refractivity contribution in [2.24, 2.45) is 0 Å². The van der Waals surface area contributed by atoms with Gasteiger partial charge in [-0.25, -0.2) is 9.97 Å². The molecule has 0 aliphatic carbocycles. The summed E-state index contributed by atoms with van der Waals surface area (Å²) in [6.45, 7) is 0. The Balaban J connectivity index is 0.892. The Morgan fingerprint density at radius 1 is 0.310 bits per heavy atom. The van der Waals surface area contributed by atoms with Gasteiger partial charge in [0.15, 0.2) is 0 Å². The van der Waals surface area contributed by atoms with Crippen molar-refractivity contribution in [3.05, 3.63) is 243 Å². The van der Waals surface area contributed by atoms with E-state index in [0.29, 0.717) is 5.95 Å². The molecule has 0 fully saturated rings. The van der Waals surface area contributed by atoms with E-state index in [4.69, 9.17) is 14.4 Å². The van der Waals surface area contributed by atoms with E-state index in [1.807, 2.05) is 0 Å². The second kappa shape index (κ2) is 15.5. The van der Waals surface area contributed by atoms with E-state index >= 15 is 0 Å². The van der Waals surface area contributed by atoms with Gasteiger partial charge in [-0.15, -0.1) is 0 Å². The molecule has 15 aromatic rings. The third kappa shape index (κ3) is 6.20. The molecular formula is C66H40N4O. The normalized spacial score (nSPS) is 11.9. The monoisotopic (exact) mass is 904 g/mol. The lowest BCUT2D eigenvalue weighted by molar-refractivity contribution is 0.669. The van der Waals surface area contributed by atoms with Crippen LogP contribution in [0.2, 0.25) is 0 Å². The molecule has 0 N–H and O–H groups in total. The first kappa shape index (κ1) is 39.4. The number of rotatable bonds is 6. The highest BCUT2D eigenvalue weighted by Crippen LogP contribution is 2.43. The van der Waals surface area contributed by atoms with Gasteiger partial charge in [0.2, 0.25) is 5.95 Å². The molecule has 4 heterocycles. The van der Waals surface area contributed by atoms with Crippen LogP contribution in [-0.2, 0) is 0 Å². The van der Waals surface area contributed by atoms with Crippen LogP contribution in [0.1, 0.15) is 0 Å². The van der Waals surface area contributed by atoms with Gasteiger partial charge in [0, 0.05) is 49.0 Å². The highest BCUT2D eigenvalue weighted by atomic mass is 16.3. The maximum atomic E-state index is 6.62. The molecule has 11 aromatic carbocycles. The van der Waals surface area contributed by atoms with E-state index in [0.717, 1.165) is 99.2 Å². The predicted molar refractivity (Wildman–Crippen MR) is 295 cm³/mol. The number of hydrogen-bond acceptors (Lipinski definition) is 3. The van der Waals surface area contributed by atoms with E-state index in [2.05, 4.69) is 252 Å². The van der Waals surface area contributed by atoms with Gasteiger partial charge in [-0.05, 0) is 123 Å². The van der Waals surface area contributed by atoms with Crippen LogP contribution in [0.15, 0.2) is 247 Å². The number of furan rings is 1. The van der Waals surface area contributed by atoms with Crippen molar-refractivity contribution in [2.75, 3.05) is 0 Å². The maximum absolute atomic E-state index is 6.62. The van der Waals surface area contributed by atoms with Crippen molar-refractivity contribution >= 4 is 87.2 Å². The van der Waals surface area contributed by atoms with Crippen molar-refractivity contribution in [3.63, 3.8) is 0 Å². The molecule has 4 aromatic heterocycles. The number of benzene rings is 11. The fraction of sp³-hybridized carbons (Fsp3) is 0. The topological polar surface area (TPSA) is 48.8 Å². The van der Waals surface area contributed by atoms with Crippen LogP contribution in [0.25, 0.3) is 143 Å². The Labute approximate surface area is 407 Å². The van der Waals surface area contributed by atoms with Crippen molar-refractivity contribution in [1.82, 2.24) is 19.1 Å². The fourth-order valence-electron chi connectivity index (χ4n) is 11.2. The highest BCUT2D eigenvalue weighted by molar-refractivity contribution is 6.17. The van der Waals surface area contributed by atoms with Crippen LogP contribution in [-0.4, -0.2) is 19.1 Å². The van der Waals surface area contributed by atoms with Crippen molar-refractivity contribution in [2.45, 2.75) is 0 Å². The van der Waals surface area contributed by atoms with Gasteiger partial charge in [0.25, 0.3) is 0 Å². The van der Waals surface area contributed by atoms with Crippen LogP contribution in [0.4, 0.5) is 0 Å². The molecule has 330 valence electrons. The van der Waals surface area contributed by atoms with Crippen molar-refractivity contribution in [1.29, 1.82) is 0 Å². The third-order valence-corrected chi connectivity index (χ3v) is 14.5. The van der Waals surface area contributed by atoms with Crippen LogP contribution in [0, 0.1) is 0 Å². The molecule has 0 unspecified atom stereocenters. The first-order valence-corrected chi connectivity index (χ1v) is 24.1. The summed E-state index contributed by atoms with van der Waals surface area (Å²) in [5, 5.41) is 10.3. The SMILES string of the molecule is c1ccc(-c2ccc(-c3nc(-n4c5ccc(-c6ccc7oc8cccc(-c9ccc%10c(c9)c9ccccc9n%10-c9ccccc9)c8c7c6)cc5c5cc6ccccc6cc54)nc4ccccc34)cc2)cc1. The van der Waals surface area contributed by atoms with Crippen LogP contribution in [0.5, 0.6) is 0 Å². The van der Waals surface area contributed by atoms with E-state index < -0.39 is 0 Å². The number of para-hydroxylation sites is 3. The molecular weight excluding hydrogens is 865 g/mol. The minimum Gasteiger partial charge on any atom is -0.456 e. The highest BCUT2D eigenvalue weighted by Gasteiger charge is 2.21. The first-order valence-electron chi connectivity index (χ1n) is 24.1. The average Bonchev–Trinajstić information content (AvgIpc) is 4.09. The number of aromatic nitrogens is 4. The van der Waals surface area contributed by atoms with Gasteiger partial charge in [-0.2, -0.15) is 0 Å². The average molecular weight is 905 g/mol. The number of fused-ring (bicyclic) bond motifs is 11. The molecule has 0 amide bonds. The van der Waals surface area contributed by atoms with Gasteiger partial charge in [-0.3, -0.25) is 4.57 Å². The molecule has 0 saturated carbocycles. The summed E-state index contributed by atoms with van der Waals surface area (Å²) in [6, 6.07) is 86.9. The Kier molecular flexibility index (Phi) is 8.59. The quantitative estimate of drug-likeness (QED) is 0.167. The lowest BCUT2D eigenvalue weighted by Gasteiger charge is -2.12. The van der Waals surface area contributed by atoms with Gasteiger partial charge in [-0.1, -0.05) is 164 Å². The van der Waals surface area contributed by atoms with Gasteiger partial charge in [0.1, 0.15) is 11.2 Å². The predicted octanol–water partition coefficient (Wildman–Crippen LogP) is 17.5. The van der Waals surface area contributed by atoms with Gasteiger partial charge < -0.3 is 8.98 Å². The van der Waals surface area contributed by atoms with Crippen molar-refractivity contribution in [3.8, 4) is 56.3 Å².